The fourth-order valence-corrected chi connectivity index (χ4v) is 1.61. The van der Waals surface area contributed by atoms with E-state index < -0.39 is 0 Å². The van der Waals surface area contributed by atoms with Crippen LogP contribution in [0.25, 0.3) is 0 Å². The number of nitrogens with zero attached hydrogens (tertiary/aromatic N) is 1. The minimum atomic E-state index is -0.334. The minimum absolute atomic E-state index is 0.187. The quantitative estimate of drug-likeness (QED) is 0.901. The van der Waals surface area contributed by atoms with Gasteiger partial charge in [0.25, 0.3) is 11.5 Å². The van der Waals surface area contributed by atoms with Crippen LogP contribution in [0.5, 0.6) is 0 Å². The first-order chi connectivity index (χ1) is 8.65. The smallest absolute Gasteiger partial charge is 0.271 e. The lowest BCUT2D eigenvalue weighted by molar-refractivity contribution is 0.0945. The zero-order valence-corrected chi connectivity index (χ0v) is 10.9. The molecule has 1 heterocycles. The molecule has 2 aromatic rings. The molecule has 0 unspecified atom stereocenters. The highest BCUT2D eigenvalue weighted by atomic mass is 79.9. The van der Waals surface area contributed by atoms with Crippen LogP contribution in [0.15, 0.2) is 45.9 Å². The Morgan fingerprint density at radius 2 is 2.06 bits per heavy atom. The van der Waals surface area contributed by atoms with Crippen LogP contribution < -0.4 is 10.9 Å². The van der Waals surface area contributed by atoms with Crippen molar-refractivity contribution in [2.75, 3.05) is 0 Å². The first-order valence-electron chi connectivity index (χ1n) is 5.22. The fraction of sp³-hybridized carbons (Fsp3) is 0.0833. The lowest BCUT2D eigenvalue weighted by atomic mass is 10.2. The Kier molecular flexibility index (Phi) is 3.88. The molecule has 2 rings (SSSR count). The van der Waals surface area contributed by atoms with Crippen molar-refractivity contribution < 1.29 is 4.79 Å². The molecule has 0 aliphatic rings. The second-order valence-corrected chi connectivity index (χ2v) is 4.52. The van der Waals surface area contributed by atoms with Gasteiger partial charge in [-0.05, 0) is 17.7 Å². The van der Waals surface area contributed by atoms with Crippen molar-refractivity contribution in [1.29, 1.82) is 0 Å². The summed E-state index contributed by atoms with van der Waals surface area (Å²) in [4.78, 5) is 28.6. The number of H-pyrrole nitrogens is 1. The molecule has 1 amide bonds. The van der Waals surface area contributed by atoms with E-state index in [-0.39, 0.29) is 17.2 Å². The topological polar surface area (TPSA) is 74.8 Å². The van der Waals surface area contributed by atoms with E-state index in [1.807, 2.05) is 24.3 Å². The SMILES string of the molecule is O=C(NCc1ccc(Br)cc1)c1c[nH]c(=O)cn1. The highest BCUT2D eigenvalue weighted by molar-refractivity contribution is 9.10. The van der Waals surface area contributed by atoms with Gasteiger partial charge in [-0.15, -0.1) is 0 Å². The summed E-state index contributed by atoms with van der Waals surface area (Å²) in [5, 5.41) is 2.72. The Bertz CT molecular complexity index is 587. The molecule has 0 atom stereocenters. The molecule has 0 radical (unpaired) electrons. The van der Waals surface area contributed by atoms with Gasteiger partial charge >= 0.3 is 0 Å². The number of carbonyl (C=O) groups is 1. The predicted octanol–water partition coefficient (Wildman–Crippen LogP) is 1.46. The molecule has 18 heavy (non-hydrogen) atoms. The molecule has 92 valence electrons. The number of halogens is 1. The Morgan fingerprint density at radius 3 is 2.67 bits per heavy atom. The Labute approximate surface area is 111 Å². The third kappa shape index (κ3) is 3.27. The summed E-state index contributed by atoms with van der Waals surface area (Å²) < 4.78 is 0.986. The number of carbonyl (C=O) groups excluding carboxylic acids is 1. The summed E-state index contributed by atoms with van der Waals surface area (Å²) in [6.07, 6.45) is 2.37. The molecule has 0 saturated carbocycles. The van der Waals surface area contributed by atoms with E-state index in [1.165, 1.54) is 6.20 Å². The maximum absolute atomic E-state index is 11.7. The summed E-state index contributed by atoms with van der Waals surface area (Å²) in [6.45, 7) is 0.410. The third-order valence-corrected chi connectivity index (χ3v) is 2.80. The van der Waals surface area contributed by atoms with Gasteiger partial charge in [-0.25, -0.2) is 4.98 Å². The Hall–Kier alpha value is -1.95. The monoisotopic (exact) mass is 307 g/mol. The molecule has 0 spiro atoms. The van der Waals surface area contributed by atoms with Gasteiger partial charge in [0, 0.05) is 17.2 Å². The van der Waals surface area contributed by atoms with E-state index in [0.717, 1.165) is 16.2 Å². The van der Waals surface area contributed by atoms with Crippen LogP contribution in [-0.4, -0.2) is 15.9 Å². The number of benzene rings is 1. The molecule has 1 aromatic carbocycles. The second kappa shape index (κ2) is 5.59. The molecule has 5 nitrogen and oxygen atoms in total. The van der Waals surface area contributed by atoms with E-state index in [9.17, 15) is 9.59 Å². The minimum Gasteiger partial charge on any atom is -0.347 e. The zero-order chi connectivity index (χ0) is 13.0. The van der Waals surface area contributed by atoms with Crippen molar-refractivity contribution in [2.45, 2.75) is 6.54 Å². The van der Waals surface area contributed by atoms with Crippen LogP contribution in [0.4, 0.5) is 0 Å². The lowest BCUT2D eigenvalue weighted by Gasteiger charge is -2.04. The summed E-state index contributed by atoms with van der Waals surface area (Å²) in [7, 11) is 0. The molecular formula is C12H10BrN3O2. The van der Waals surface area contributed by atoms with Gasteiger partial charge in [-0.2, -0.15) is 0 Å². The third-order valence-electron chi connectivity index (χ3n) is 2.27. The number of rotatable bonds is 3. The van der Waals surface area contributed by atoms with Crippen molar-refractivity contribution in [3.05, 3.63) is 62.7 Å². The van der Waals surface area contributed by atoms with E-state index in [4.69, 9.17) is 0 Å². The summed E-state index contributed by atoms with van der Waals surface area (Å²) in [5.74, 6) is -0.325. The maximum Gasteiger partial charge on any atom is 0.271 e. The number of aromatic amines is 1. The largest absolute Gasteiger partial charge is 0.347 e. The lowest BCUT2D eigenvalue weighted by Crippen LogP contribution is -2.25. The first-order valence-corrected chi connectivity index (χ1v) is 6.02. The van der Waals surface area contributed by atoms with Gasteiger partial charge in [-0.1, -0.05) is 28.1 Å². The molecule has 0 fully saturated rings. The first kappa shape index (κ1) is 12.5. The van der Waals surface area contributed by atoms with Crippen LogP contribution in [0.2, 0.25) is 0 Å². The molecule has 6 heteroatoms. The van der Waals surface area contributed by atoms with Crippen molar-refractivity contribution >= 4 is 21.8 Å². The predicted molar refractivity (Wildman–Crippen MR) is 70.2 cm³/mol. The Balaban J connectivity index is 1.98. The Morgan fingerprint density at radius 1 is 1.33 bits per heavy atom. The van der Waals surface area contributed by atoms with Crippen LogP contribution in [-0.2, 0) is 6.54 Å². The highest BCUT2D eigenvalue weighted by Crippen LogP contribution is 2.10. The molecule has 0 aliphatic heterocycles. The fourth-order valence-electron chi connectivity index (χ4n) is 1.34. The average molecular weight is 308 g/mol. The van der Waals surface area contributed by atoms with E-state index in [2.05, 4.69) is 31.2 Å². The van der Waals surface area contributed by atoms with Gasteiger partial charge < -0.3 is 10.3 Å². The summed E-state index contributed by atoms with van der Waals surface area (Å²) in [6, 6.07) is 7.62. The standard InChI is InChI=1S/C12H10BrN3O2/c13-9-3-1-8(2-4-9)5-16-12(18)10-6-15-11(17)7-14-10/h1-4,6-7H,5H2,(H,15,17)(H,16,18). The molecule has 0 aliphatic carbocycles. The van der Waals surface area contributed by atoms with E-state index in [0.29, 0.717) is 6.54 Å². The maximum atomic E-state index is 11.7. The molecule has 2 N–H and O–H groups in total. The van der Waals surface area contributed by atoms with Crippen molar-refractivity contribution in [2.24, 2.45) is 0 Å². The molecule has 0 bridgehead atoms. The summed E-state index contributed by atoms with van der Waals surface area (Å²) in [5.41, 5.74) is 0.835. The number of hydrogen-bond donors (Lipinski definition) is 2. The van der Waals surface area contributed by atoms with Crippen LogP contribution in [0.1, 0.15) is 16.1 Å². The molecule has 1 aromatic heterocycles. The van der Waals surface area contributed by atoms with Crippen molar-refractivity contribution in [3.8, 4) is 0 Å². The van der Waals surface area contributed by atoms with Crippen LogP contribution >= 0.6 is 15.9 Å². The number of aromatic nitrogens is 2. The molecule has 0 saturated heterocycles. The van der Waals surface area contributed by atoms with Gasteiger partial charge in [0.2, 0.25) is 0 Å². The molecular weight excluding hydrogens is 298 g/mol. The van der Waals surface area contributed by atoms with Crippen LogP contribution in [0.3, 0.4) is 0 Å². The number of hydrogen-bond acceptors (Lipinski definition) is 3. The van der Waals surface area contributed by atoms with Gasteiger partial charge in [0.15, 0.2) is 0 Å². The summed E-state index contributed by atoms with van der Waals surface area (Å²) >= 11 is 3.34. The van der Waals surface area contributed by atoms with Crippen LogP contribution in [0, 0.1) is 0 Å². The average Bonchev–Trinajstić information content (AvgIpc) is 2.38. The second-order valence-electron chi connectivity index (χ2n) is 3.61. The van der Waals surface area contributed by atoms with Gasteiger partial charge in [-0.3, -0.25) is 9.59 Å². The number of nitrogens with one attached hydrogen (secondary N) is 2. The highest BCUT2D eigenvalue weighted by Gasteiger charge is 2.06. The van der Waals surface area contributed by atoms with Crippen molar-refractivity contribution in [3.63, 3.8) is 0 Å². The van der Waals surface area contributed by atoms with E-state index >= 15 is 0 Å². The van der Waals surface area contributed by atoms with Gasteiger partial charge in [0.1, 0.15) is 5.69 Å². The normalized spacial score (nSPS) is 10.1. The zero-order valence-electron chi connectivity index (χ0n) is 9.31. The van der Waals surface area contributed by atoms with Crippen molar-refractivity contribution in [1.82, 2.24) is 15.3 Å². The van der Waals surface area contributed by atoms with Gasteiger partial charge in [0.05, 0.1) is 6.20 Å². The number of amides is 1. The van der Waals surface area contributed by atoms with E-state index in [1.54, 1.807) is 0 Å².